The van der Waals surface area contributed by atoms with Crippen LogP contribution in [0.15, 0.2) is 4.52 Å². The number of alkyl halides is 3. The van der Waals surface area contributed by atoms with Gasteiger partial charge in [0.1, 0.15) is 6.10 Å². The number of hydrogen-bond acceptors (Lipinski definition) is 6. The Labute approximate surface area is 119 Å². The molecule has 1 aliphatic rings. The maximum atomic E-state index is 12.6. The van der Waals surface area contributed by atoms with Crippen molar-refractivity contribution in [1.82, 2.24) is 15.0 Å². The zero-order chi connectivity index (χ0) is 15.6. The predicted molar refractivity (Wildman–Crippen MR) is 65.2 cm³/mol. The molecule has 1 aromatic heterocycles. The van der Waals surface area contributed by atoms with Crippen LogP contribution >= 0.6 is 0 Å². The summed E-state index contributed by atoms with van der Waals surface area (Å²) < 4.78 is 47.9. The zero-order valence-electron chi connectivity index (χ0n) is 11.8. The van der Waals surface area contributed by atoms with Crippen LogP contribution in [0.2, 0.25) is 0 Å². The second-order valence-corrected chi connectivity index (χ2v) is 5.09. The number of halogens is 3. The summed E-state index contributed by atoms with van der Waals surface area (Å²) in [6.07, 6.45) is -6.46. The Morgan fingerprint density at radius 2 is 2.24 bits per heavy atom. The van der Waals surface area contributed by atoms with E-state index in [9.17, 15) is 18.3 Å². The maximum Gasteiger partial charge on any atom is 0.415 e. The van der Waals surface area contributed by atoms with Crippen molar-refractivity contribution < 1.29 is 27.5 Å². The molecule has 1 aromatic rings. The Morgan fingerprint density at radius 1 is 1.52 bits per heavy atom. The van der Waals surface area contributed by atoms with E-state index >= 15 is 0 Å². The van der Waals surface area contributed by atoms with Crippen LogP contribution in [0.3, 0.4) is 0 Å². The molecule has 1 aliphatic heterocycles. The lowest BCUT2D eigenvalue weighted by molar-refractivity contribution is -0.219. The first kappa shape index (κ1) is 16.2. The van der Waals surface area contributed by atoms with Gasteiger partial charge >= 0.3 is 6.18 Å². The first-order valence-electron chi connectivity index (χ1n) is 6.67. The van der Waals surface area contributed by atoms with Crippen LogP contribution in [-0.2, 0) is 11.3 Å². The van der Waals surface area contributed by atoms with Gasteiger partial charge in [-0.15, -0.1) is 0 Å². The van der Waals surface area contributed by atoms with Crippen LogP contribution in [0.4, 0.5) is 13.2 Å². The lowest BCUT2D eigenvalue weighted by atomic mass is 10.1. The van der Waals surface area contributed by atoms with E-state index in [-0.39, 0.29) is 25.0 Å². The van der Waals surface area contributed by atoms with Crippen LogP contribution in [0.5, 0.6) is 0 Å². The van der Waals surface area contributed by atoms with Crippen molar-refractivity contribution in [2.24, 2.45) is 0 Å². The van der Waals surface area contributed by atoms with E-state index in [4.69, 9.17) is 9.26 Å². The predicted octanol–water partition coefficient (Wildman–Crippen LogP) is 1.66. The summed E-state index contributed by atoms with van der Waals surface area (Å²) in [4.78, 5) is 5.61. The SMILES string of the molecule is CO[C@H](C)c1noc(CN2CCC[C@H]2[C@@H](O)C(F)(F)F)n1. The summed E-state index contributed by atoms with van der Waals surface area (Å²) in [5.74, 6) is 0.565. The molecule has 0 bridgehead atoms. The van der Waals surface area contributed by atoms with Gasteiger partial charge in [-0.25, -0.2) is 0 Å². The molecule has 0 spiro atoms. The third kappa shape index (κ3) is 3.72. The van der Waals surface area contributed by atoms with Crippen molar-refractivity contribution in [2.75, 3.05) is 13.7 Å². The monoisotopic (exact) mass is 309 g/mol. The van der Waals surface area contributed by atoms with Gasteiger partial charge in [-0.3, -0.25) is 4.90 Å². The molecular formula is C12H18F3N3O3. The van der Waals surface area contributed by atoms with Crippen LogP contribution < -0.4 is 0 Å². The van der Waals surface area contributed by atoms with Gasteiger partial charge in [-0.1, -0.05) is 5.16 Å². The number of rotatable bonds is 5. The minimum Gasteiger partial charge on any atom is -0.382 e. The van der Waals surface area contributed by atoms with Gasteiger partial charge in [0.15, 0.2) is 11.9 Å². The number of aliphatic hydroxyl groups is 1. The molecule has 1 saturated heterocycles. The molecule has 0 aliphatic carbocycles. The summed E-state index contributed by atoms with van der Waals surface area (Å²) >= 11 is 0. The molecule has 6 nitrogen and oxygen atoms in total. The second kappa shape index (κ2) is 6.29. The molecule has 1 fully saturated rings. The first-order chi connectivity index (χ1) is 9.82. The highest BCUT2D eigenvalue weighted by Gasteiger charge is 2.47. The zero-order valence-corrected chi connectivity index (χ0v) is 11.8. The topological polar surface area (TPSA) is 71.6 Å². The van der Waals surface area contributed by atoms with Gasteiger partial charge in [0.2, 0.25) is 5.89 Å². The molecule has 21 heavy (non-hydrogen) atoms. The van der Waals surface area contributed by atoms with Gasteiger partial charge < -0.3 is 14.4 Å². The summed E-state index contributed by atoms with van der Waals surface area (Å²) in [6.45, 7) is 2.28. The van der Waals surface area contributed by atoms with Gasteiger partial charge in [0.25, 0.3) is 0 Å². The number of nitrogens with zero attached hydrogens (tertiary/aromatic N) is 3. The van der Waals surface area contributed by atoms with E-state index in [0.29, 0.717) is 18.8 Å². The molecule has 2 heterocycles. The molecule has 0 saturated carbocycles. The Kier molecular flexibility index (Phi) is 4.84. The molecule has 2 rings (SSSR count). The van der Waals surface area contributed by atoms with Gasteiger partial charge in [-0.05, 0) is 26.3 Å². The number of hydrogen-bond donors (Lipinski definition) is 1. The normalized spacial score (nSPS) is 23.4. The second-order valence-electron chi connectivity index (χ2n) is 5.09. The quantitative estimate of drug-likeness (QED) is 0.892. The molecule has 0 unspecified atom stereocenters. The highest BCUT2D eigenvalue weighted by atomic mass is 19.4. The highest BCUT2D eigenvalue weighted by molar-refractivity contribution is 4.94. The molecule has 0 radical (unpaired) electrons. The summed E-state index contributed by atoms with van der Waals surface area (Å²) in [7, 11) is 1.50. The number of ether oxygens (including phenoxy) is 1. The summed E-state index contributed by atoms with van der Waals surface area (Å²) in [5, 5.41) is 13.1. The highest BCUT2D eigenvalue weighted by Crippen LogP contribution is 2.31. The standard InChI is InChI=1S/C12H18F3N3O3/c1-7(20-2)11-16-9(21-17-11)6-18-5-3-4-8(18)10(19)12(13,14)15/h7-8,10,19H,3-6H2,1-2H3/t7-,8+,10-/m1/s1. The number of likely N-dealkylation sites (tertiary alicyclic amines) is 1. The van der Waals surface area contributed by atoms with E-state index in [1.807, 2.05) is 0 Å². The average Bonchev–Trinajstić information content (AvgIpc) is 3.05. The Bertz CT molecular complexity index is 466. The number of methoxy groups -OCH3 is 1. The largest absolute Gasteiger partial charge is 0.415 e. The Balaban J connectivity index is 2.03. The van der Waals surface area contributed by atoms with Crippen molar-refractivity contribution in [3.63, 3.8) is 0 Å². The Hall–Kier alpha value is -1.19. The van der Waals surface area contributed by atoms with Crippen molar-refractivity contribution in [2.45, 2.75) is 50.7 Å². The smallest absolute Gasteiger partial charge is 0.382 e. The number of aromatic nitrogens is 2. The third-order valence-electron chi connectivity index (χ3n) is 3.65. The summed E-state index contributed by atoms with van der Waals surface area (Å²) in [5.41, 5.74) is 0. The first-order valence-corrected chi connectivity index (χ1v) is 6.67. The molecule has 1 N–H and O–H groups in total. The van der Waals surface area contributed by atoms with E-state index in [1.165, 1.54) is 12.0 Å². The van der Waals surface area contributed by atoms with Crippen molar-refractivity contribution in [3.8, 4) is 0 Å². The Morgan fingerprint density at radius 3 is 2.86 bits per heavy atom. The van der Waals surface area contributed by atoms with E-state index in [2.05, 4.69) is 10.1 Å². The van der Waals surface area contributed by atoms with Crippen LogP contribution in [0.1, 0.15) is 37.6 Å². The lowest BCUT2D eigenvalue weighted by Gasteiger charge is -2.28. The molecular weight excluding hydrogens is 291 g/mol. The van der Waals surface area contributed by atoms with E-state index < -0.39 is 18.3 Å². The van der Waals surface area contributed by atoms with Crippen LogP contribution in [0.25, 0.3) is 0 Å². The van der Waals surface area contributed by atoms with Crippen molar-refractivity contribution >= 4 is 0 Å². The average molecular weight is 309 g/mol. The fourth-order valence-corrected chi connectivity index (χ4v) is 2.40. The molecule has 120 valence electrons. The number of aliphatic hydroxyl groups excluding tert-OH is 1. The molecule has 0 aromatic carbocycles. The summed E-state index contributed by atoms with van der Waals surface area (Å²) in [6, 6.07) is -0.972. The molecule has 3 atom stereocenters. The van der Waals surface area contributed by atoms with Gasteiger partial charge in [-0.2, -0.15) is 18.2 Å². The van der Waals surface area contributed by atoms with E-state index in [0.717, 1.165) is 0 Å². The van der Waals surface area contributed by atoms with E-state index in [1.54, 1.807) is 6.92 Å². The van der Waals surface area contributed by atoms with Crippen molar-refractivity contribution in [3.05, 3.63) is 11.7 Å². The van der Waals surface area contributed by atoms with Gasteiger partial charge in [0, 0.05) is 13.2 Å². The molecule has 0 amide bonds. The molecule has 9 heteroatoms. The lowest BCUT2D eigenvalue weighted by Crippen LogP contribution is -2.46. The minimum atomic E-state index is -4.63. The maximum absolute atomic E-state index is 12.6. The van der Waals surface area contributed by atoms with Crippen LogP contribution in [-0.4, -0.2) is 52.1 Å². The van der Waals surface area contributed by atoms with Crippen molar-refractivity contribution in [1.29, 1.82) is 0 Å². The van der Waals surface area contributed by atoms with Gasteiger partial charge in [0.05, 0.1) is 6.54 Å². The minimum absolute atomic E-state index is 0.0846. The third-order valence-corrected chi connectivity index (χ3v) is 3.65. The fraction of sp³-hybridized carbons (Fsp3) is 0.833. The fourth-order valence-electron chi connectivity index (χ4n) is 2.40. The van der Waals surface area contributed by atoms with Crippen LogP contribution in [0, 0.1) is 0 Å².